The van der Waals surface area contributed by atoms with Crippen LogP contribution in [0.3, 0.4) is 0 Å². The summed E-state index contributed by atoms with van der Waals surface area (Å²) in [6.45, 7) is 1.88. The van der Waals surface area contributed by atoms with E-state index in [1.807, 2.05) is 6.92 Å². The normalized spacial score (nSPS) is 11.5. The number of halogens is 1. The molecule has 0 aliphatic rings. The summed E-state index contributed by atoms with van der Waals surface area (Å²) in [4.78, 5) is 23.6. The maximum absolute atomic E-state index is 13.4. The quantitative estimate of drug-likeness (QED) is 0.362. The number of non-ortho nitro benzene ring substituents is 1. The Morgan fingerprint density at radius 1 is 1.18 bits per heavy atom. The van der Waals surface area contributed by atoms with Gasteiger partial charge in [0.05, 0.1) is 16.0 Å². The Labute approximate surface area is 160 Å². The van der Waals surface area contributed by atoms with Crippen LogP contribution in [0.4, 0.5) is 10.1 Å². The number of nitrogens with one attached hydrogen (secondary N) is 1. The predicted molar refractivity (Wildman–Crippen MR) is 103 cm³/mol. The monoisotopic (exact) mass is 394 g/mol. The minimum absolute atomic E-state index is 0.0237. The molecule has 0 atom stereocenters. The molecule has 5 aromatic rings. The smallest absolute Gasteiger partial charge is 0.271 e. The number of imidazole rings is 2. The highest BCUT2D eigenvalue weighted by Gasteiger charge is 2.22. The van der Waals surface area contributed by atoms with Crippen molar-refractivity contribution in [2.45, 2.75) is 6.92 Å². The van der Waals surface area contributed by atoms with Crippen LogP contribution >= 0.6 is 11.3 Å². The third-order valence-electron chi connectivity index (χ3n) is 4.32. The summed E-state index contributed by atoms with van der Waals surface area (Å²) in [5.74, 6) is 0.143. The van der Waals surface area contributed by atoms with Crippen LogP contribution in [0.2, 0.25) is 0 Å². The lowest BCUT2D eigenvalue weighted by Gasteiger charge is -2.01. The van der Waals surface area contributed by atoms with Crippen LogP contribution in [-0.2, 0) is 0 Å². The molecule has 2 aromatic carbocycles. The van der Waals surface area contributed by atoms with Crippen molar-refractivity contribution in [2.24, 2.45) is 0 Å². The largest absolute Gasteiger partial charge is 0.336 e. The molecule has 0 amide bonds. The van der Waals surface area contributed by atoms with Crippen molar-refractivity contribution in [2.75, 3.05) is 0 Å². The first kappa shape index (κ1) is 16.5. The fourth-order valence-corrected chi connectivity index (χ4v) is 3.83. The highest BCUT2D eigenvalue weighted by molar-refractivity contribution is 7.16. The Balaban J connectivity index is 1.77. The summed E-state index contributed by atoms with van der Waals surface area (Å²) in [6, 6.07) is 10.5. The number of aryl methyl sites for hydroxylation is 1. The van der Waals surface area contributed by atoms with E-state index in [-0.39, 0.29) is 11.5 Å². The van der Waals surface area contributed by atoms with Gasteiger partial charge < -0.3 is 4.98 Å². The van der Waals surface area contributed by atoms with Gasteiger partial charge in [-0.15, -0.1) is 0 Å². The number of nitrogens with zero attached hydrogens (tertiary/aromatic N) is 5. The van der Waals surface area contributed by atoms with Gasteiger partial charge in [-0.25, -0.2) is 14.4 Å². The third kappa shape index (κ3) is 2.54. The molecule has 1 N–H and O–H groups in total. The van der Waals surface area contributed by atoms with Crippen molar-refractivity contribution < 1.29 is 9.31 Å². The van der Waals surface area contributed by atoms with E-state index >= 15 is 0 Å². The fraction of sp³-hybridized carbons (Fsp3) is 0.0556. The van der Waals surface area contributed by atoms with Gasteiger partial charge in [0.2, 0.25) is 4.96 Å². The molecule has 0 radical (unpaired) electrons. The number of aromatic nitrogens is 5. The van der Waals surface area contributed by atoms with Crippen molar-refractivity contribution in [3.63, 3.8) is 0 Å². The first-order valence-electron chi connectivity index (χ1n) is 8.26. The number of H-pyrrole nitrogens is 1. The van der Waals surface area contributed by atoms with Crippen LogP contribution < -0.4 is 0 Å². The van der Waals surface area contributed by atoms with E-state index in [1.54, 1.807) is 22.7 Å². The van der Waals surface area contributed by atoms with Gasteiger partial charge in [-0.05, 0) is 37.3 Å². The summed E-state index contributed by atoms with van der Waals surface area (Å²) >= 11 is 1.43. The number of rotatable bonds is 3. The molecule has 138 valence electrons. The zero-order valence-corrected chi connectivity index (χ0v) is 15.2. The number of nitro benzene ring substituents is 1. The molecule has 0 saturated carbocycles. The van der Waals surface area contributed by atoms with E-state index < -0.39 is 4.92 Å². The highest BCUT2D eigenvalue weighted by atomic mass is 32.1. The Morgan fingerprint density at radius 2 is 1.96 bits per heavy atom. The maximum Gasteiger partial charge on any atom is 0.271 e. The summed E-state index contributed by atoms with van der Waals surface area (Å²) in [5.41, 5.74) is 3.04. The Morgan fingerprint density at radius 3 is 2.71 bits per heavy atom. The third-order valence-corrected chi connectivity index (χ3v) is 5.15. The average Bonchev–Trinajstić information content (AvgIpc) is 3.32. The van der Waals surface area contributed by atoms with Crippen LogP contribution in [-0.4, -0.2) is 29.5 Å². The minimum Gasteiger partial charge on any atom is -0.336 e. The van der Waals surface area contributed by atoms with Crippen LogP contribution in [0.5, 0.6) is 0 Å². The van der Waals surface area contributed by atoms with Crippen molar-refractivity contribution >= 4 is 33.0 Å². The van der Waals surface area contributed by atoms with Crippen molar-refractivity contribution in [3.05, 3.63) is 63.4 Å². The summed E-state index contributed by atoms with van der Waals surface area (Å²) in [7, 11) is 0. The van der Waals surface area contributed by atoms with E-state index in [0.717, 1.165) is 10.6 Å². The SMILES string of the molecule is Cc1nn2c(-c3nc4ccc([N+](=O)[O-])cc4[nH]3)c(-c3ccc(F)cc3)nc2s1. The first-order chi connectivity index (χ1) is 13.5. The first-order valence-corrected chi connectivity index (χ1v) is 9.08. The van der Waals surface area contributed by atoms with Gasteiger partial charge in [0, 0.05) is 17.7 Å². The molecule has 0 spiro atoms. The van der Waals surface area contributed by atoms with E-state index in [1.165, 1.54) is 35.6 Å². The minimum atomic E-state index is -0.454. The van der Waals surface area contributed by atoms with Gasteiger partial charge in [-0.1, -0.05) is 11.3 Å². The number of aromatic amines is 1. The standard InChI is InChI=1S/C18H11FN6O2S/c1-9-23-24-16(15(22-18(24)28-9)10-2-4-11(19)5-3-10)17-20-13-7-6-12(25(26)27)8-14(13)21-17/h2-8H,1H3,(H,20,21). The molecule has 28 heavy (non-hydrogen) atoms. The molecule has 0 bridgehead atoms. The van der Waals surface area contributed by atoms with Gasteiger partial charge in [-0.3, -0.25) is 10.1 Å². The molecule has 3 aromatic heterocycles. The fourth-order valence-electron chi connectivity index (χ4n) is 3.09. The number of hydrogen-bond acceptors (Lipinski definition) is 6. The Kier molecular flexibility index (Phi) is 3.49. The second-order valence-corrected chi connectivity index (χ2v) is 7.34. The zero-order chi connectivity index (χ0) is 19.4. The second-order valence-electron chi connectivity index (χ2n) is 6.18. The van der Waals surface area contributed by atoms with Gasteiger partial charge in [0.15, 0.2) is 5.82 Å². The molecule has 3 heterocycles. The molecule has 0 unspecified atom stereocenters. The van der Waals surface area contributed by atoms with Crippen LogP contribution in [0.25, 0.3) is 38.8 Å². The molecule has 8 nitrogen and oxygen atoms in total. The lowest BCUT2D eigenvalue weighted by atomic mass is 10.1. The number of fused-ring (bicyclic) bond motifs is 2. The van der Waals surface area contributed by atoms with Crippen molar-refractivity contribution in [1.82, 2.24) is 24.6 Å². The van der Waals surface area contributed by atoms with Gasteiger partial charge in [0.25, 0.3) is 5.69 Å². The molecular weight excluding hydrogens is 383 g/mol. The summed E-state index contributed by atoms with van der Waals surface area (Å²) in [6.07, 6.45) is 0. The van der Waals surface area contributed by atoms with Gasteiger partial charge in [-0.2, -0.15) is 9.61 Å². The molecular formula is C18H11FN6O2S. The summed E-state index contributed by atoms with van der Waals surface area (Å²) < 4.78 is 15.0. The molecule has 0 fully saturated rings. The average molecular weight is 394 g/mol. The molecule has 10 heteroatoms. The molecule has 5 rings (SSSR count). The number of hydrogen-bond donors (Lipinski definition) is 1. The summed E-state index contributed by atoms with van der Waals surface area (Å²) in [5, 5.41) is 16.4. The van der Waals surface area contributed by atoms with E-state index in [2.05, 4.69) is 20.1 Å². The highest BCUT2D eigenvalue weighted by Crippen LogP contribution is 2.34. The van der Waals surface area contributed by atoms with Gasteiger partial charge in [0.1, 0.15) is 22.2 Å². The Bertz CT molecular complexity index is 1370. The predicted octanol–water partition coefficient (Wildman–Crippen LogP) is 4.36. The maximum atomic E-state index is 13.4. The topological polar surface area (TPSA) is 102 Å². The lowest BCUT2D eigenvalue weighted by molar-refractivity contribution is -0.384. The van der Waals surface area contributed by atoms with Gasteiger partial charge >= 0.3 is 0 Å². The number of nitro groups is 1. The van der Waals surface area contributed by atoms with Crippen LogP contribution in [0, 0.1) is 22.9 Å². The zero-order valence-electron chi connectivity index (χ0n) is 14.4. The molecule has 0 aliphatic carbocycles. The number of benzene rings is 2. The Hall–Kier alpha value is -3.66. The van der Waals surface area contributed by atoms with Crippen LogP contribution in [0.15, 0.2) is 42.5 Å². The second kappa shape index (κ2) is 5.92. The molecule has 0 aliphatic heterocycles. The van der Waals surface area contributed by atoms with Crippen molar-refractivity contribution in [1.29, 1.82) is 0 Å². The van der Waals surface area contributed by atoms with E-state index in [0.29, 0.717) is 33.2 Å². The van der Waals surface area contributed by atoms with Crippen molar-refractivity contribution in [3.8, 4) is 22.8 Å². The van der Waals surface area contributed by atoms with E-state index in [9.17, 15) is 14.5 Å². The molecule has 0 saturated heterocycles. The van der Waals surface area contributed by atoms with Crippen LogP contribution in [0.1, 0.15) is 5.01 Å². The lowest BCUT2D eigenvalue weighted by Crippen LogP contribution is -1.93. The van der Waals surface area contributed by atoms with E-state index in [4.69, 9.17) is 0 Å².